The minimum Gasteiger partial charge on any atom is -0.366 e. The van der Waals surface area contributed by atoms with Crippen LogP contribution in [-0.2, 0) is 4.79 Å². The molecule has 3 rings (SSSR count). The Morgan fingerprint density at radius 1 is 1.10 bits per heavy atom. The number of hydrogen-bond acceptors (Lipinski definition) is 3. The molecular weight excluding hydrogens is 400 g/mol. The van der Waals surface area contributed by atoms with E-state index in [-0.39, 0.29) is 5.57 Å². The maximum atomic E-state index is 12.6. The molecule has 0 saturated heterocycles. The predicted molar refractivity (Wildman–Crippen MR) is 117 cm³/mol. The molecule has 0 atom stereocenters. The van der Waals surface area contributed by atoms with Gasteiger partial charge in [-0.2, -0.15) is 5.26 Å². The van der Waals surface area contributed by atoms with Crippen LogP contribution in [-0.4, -0.2) is 16.4 Å². The number of benzene rings is 2. The van der Waals surface area contributed by atoms with Crippen LogP contribution in [0.2, 0.25) is 5.02 Å². The molecule has 6 nitrogen and oxygen atoms in total. The lowest BCUT2D eigenvalue weighted by atomic mass is 10.1. The van der Waals surface area contributed by atoms with Crippen molar-refractivity contribution in [3.63, 3.8) is 0 Å². The summed E-state index contributed by atoms with van der Waals surface area (Å²) in [5.41, 5.74) is 9.51. The number of anilines is 1. The van der Waals surface area contributed by atoms with Crippen molar-refractivity contribution in [2.75, 3.05) is 5.32 Å². The number of rotatable bonds is 5. The van der Waals surface area contributed by atoms with Gasteiger partial charge >= 0.3 is 0 Å². The molecule has 7 heteroatoms. The predicted octanol–water partition coefficient (Wildman–Crippen LogP) is 4.39. The monoisotopic (exact) mass is 418 g/mol. The van der Waals surface area contributed by atoms with Crippen LogP contribution < -0.4 is 11.1 Å². The highest BCUT2D eigenvalue weighted by Crippen LogP contribution is 2.24. The maximum absolute atomic E-state index is 12.6. The van der Waals surface area contributed by atoms with Crippen LogP contribution in [0.15, 0.2) is 60.2 Å². The smallest absolute Gasteiger partial charge is 0.266 e. The van der Waals surface area contributed by atoms with Gasteiger partial charge in [0.25, 0.3) is 5.91 Å². The van der Waals surface area contributed by atoms with Gasteiger partial charge in [0.05, 0.1) is 0 Å². The normalized spacial score (nSPS) is 11.1. The van der Waals surface area contributed by atoms with Crippen LogP contribution in [0, 0.1) is 25.2 Å². The van der Waals surface area contributed by atoms with Gasteiger partial charge in [0, 0.05) is 33.3 Å². The van der Waals surface area contributed by atoms with E-state index in [2.05, 4.69) is 5.32 Å². The molecule has 30 heavy (non-hydrogen) atoms. The first-order chi connectivity index (χ1) is 14.3. The van der Waals surface area contributed by atoms with Crippen LogP contribution in [0.1, 0.15) is 27.3 Å². The van der Waals surface area contributed by atoms with E-state index in [1.54, 1.807) is 18.2 Å². The van der Waals surface area contributed by atoms with Crippen molar-refractivity contribution in [3.8, 4) is 11.8 Å². The van der Waals surface area contributed by atoms with Crippen LogP contribution in [0.3, 0.4) is 0 Å². The van der Waals surface area contributed by atoms with E-state index < -0.39 is 11.8 Å². The molecule has 0 aliphatic heterocycles. The summed E-state index contributed by atoms with van der Waals surface area (Å²) in [5, 5.41) is 12.8. The Morgan fingerprint density at radius 3 is 2.30 bits per heavy atom. The zero-order valence-electron chi connectivity index (χ0n) is 16.4. The molecule has 3 N–H and O–H groups in total. The summed E-state index contributed by atoms with van der Waals surface area (Å²) in [6.07, 6.45) is 1.56. The van der Waals surface area contributed by atoms with E-state index in [0.717, 1.165) is 22.6 Å². The Balaban J connectivity index is 1.88. The Bertz CT molecular complexity index is 1180. The fraction of sp³-hybridized carbons (Fsp3) is 0.0870. The third-order valence-corrected chi connectivity index (χ3v) is 4.90. The Labute approximate surface area is 179 Å². The average molecular weight is 419 g/mol. The zero-order valence-corrected chi connectivity index (χ0v) is 17.2. The summed E-state index contributed by atoms with van der Waals surface area (Å²) < 4.78 is 2.03. The highest BCUT2D eigenvalue weighted by molar-refractivity contribution is 6.30. The number of primary amides is 1. The molecule has 0 bridgehead atoms. The van der Waals surface area contributed by atoms with Gasteiger partial charge in [-0.1, -0.05) is 11.6 Å². The number of carbonyl (C=O) groups excluding carboxylic acids is 2. The van der Waals surface area contributed by atoms with Crippen molar-refractivity contribution in [1.82, 2.24) is 4.57 Å². The third-order valence-electron chi connectivity index (χ3n) is 4.65. The fourth-order valence-corrected chi connectivity index (χ4v) is 3.27. The van der Waals surface area contributed by atoms with Crippen molar-refractivity contribution in [1.29, 1.82) is 5.26 Å². The second-order valence-corrected chi connectivity index (χ2v) is 7.14. The number of aryl methyl sites for hydroxylation is 1. The first-order valence-electron chi connectivity index (χ1n) is 9.08. The number of aromatic nitrogens is 1. The number of carbonyl (C=O) groups is 2. The molecule has 0 fully saturated rings. The topological polar surface area (TPSA) is 101 Å². The van der Waals surface area contributed by atoms with Crippen LogP contribution in [0.25, 0.3) is 11.8 Å². The van der Waals surface area contributed by atoms with Gasteiger partial charge < -0.3 is 15.6 Å². The average Bonchev–Trinajstić information content (AvgIpc) is 3.00. The van der Waals surface area contributed by atoms with Crippen molar-refractivity contribution in [2.24, 2.45) is 5.73 Å². The van der Waals surface area contributed by atoms with E-state index in [4.69, 9.17) is 17.3 Å². The molecule has 0 aliphatic rings. The minimum absolute atomic E-state index is 0.0367. The molecule has 3 aromatic rings. The summed E-state index contributed by atoms with van der Waals surface area (Å²) in [6, 6.07) is 17.4. The first kappa shape index (κ1) is 20.9. The molecule has 0 saturated carbocycles. The highest BCUT2D eigenvalue weighted by atomic mass is 35.5. The summed E-state index contributed by atoms with van der Waals surface area (Å²) in [5.74, 6) is -1.10. The summed E-state index contributed by atoms with van der Waals surface area (Å²) >= 11 is 5.97. The number of nitrogens with zero attached hydrogens (tertiary/aromatic N) is 2. The Morgan fingerprint density at radius 2 is 1.73 bits per heavy atom. The highest BCUT2D eigenvalue weighted by Gasteiger charge is 2.14. The van der Waals surface area contributed by atoms with E-state index in [1.807, 2.05) is 54.8 Å². The standard InChI is InChI=1S/C23H19ClN4O2/c1-14-11-17(15(2)28(14)21-9-5-19(24)6-10-21)12-18(13-25)23(30)27-20-7-3-16(4-8-20)22(26)29/h3-12H,1-2H3,(H2,26,29)(H,27,30)/b18-12+. The Hall–Kier alpha value is -3.82. The van der Waals surface area contributed by atoms with Crippen molar-refractivity contribution < 1.29 is 9.59 Å². The number of nitriles is 1. The van der Waals surface area contributed by atoms with E-state index in [9.17, 15) is 14.9 Å². The van der Waals surface area contributed by atoms with Gasteiger partial charge in [-0.15, -0.1) is 0 Å². The fourth-order valence-electron chi connectivity index (χ4n) is 3.14. The summed E-state index contributed by atoms with van der Waals surface area (Å²) in [6.45, 7) is 3.87. The molecular formula is C23H19ClN4O2. The molecule has 150 valence electrons. The molecule has 0 unspecified atom stereocenters. The van der Waals surface area contributed by atoms with Crippen molar-refractivity contribution >= 4 is 35.2 Å². The lowest BCUT2D eigenvalue weighted by Crippen LogP contribution is -2.14. The largest absolute Gasteiger partial charge is 0.366 e. The molecule has 0 radical (unpaired) electrons. The molecule has 2 amide bonds. The third kappa shape index (κ3) is 4.43. The van der Waals surface area contributed by atoms with Gasteiger partial charge in [0.15, 0.2) is 0 Å². The Kier molecular flexibility index (Phi) is 6.05. The number of nitrogens with one attached hydrogen (secondary N) is 1. The summed E-state index contributed by atoms with van der Waals surface area (Å²) in [7, 11) is 0. The van der Waals surface area contributed by atoms with Gasteiger partial charge in [-0.05, 0) is 80.1 Å². The number of nitrogens with two attached hydrogens (primary N) is 1. The van der Waals surface area contributed by atoms with Crippen LogP contribution in [0.4, 0.5) is 5.69 Å². The molecule has 2 aromatic carbocycles. The zero-order chi connectivity index (χ0) is 21.8. The molecule has 0 spiro atoms. The number of hydrogen-bond donors (Lipinski definition) is 2. The second kappa shape index (κ2) is 8.68. The molecule has 0 aliphatic carbocycles. The van der Waals surface area contributed by atoms with Gasteiger partial charge in [-0.3, -0.25) is 9.59 Å². The van der Waals surface area contributed by atoms with E-state index >= 15 is 0 Å². The minimum atomic E-state index is -0.554. The van der Waals surface area contributed by atoms with E-state index in [0.29, 0.717) is 16.3 Å². The van der Waals surface area contributed by atoms with Gasteiger partial charge in [-0.25, -0.2) is 0 Å². The van der Waals surface area contributed by atoms with Crippen LogP contribution >= 0.6 is 11.6 Å². The molecule has 1 heterocycles. The lowest BCUT2D eigenvalue weighted by molar-refractivity contribution is -0.112. The molecule has 1 aromatic heterocycles. The SMILES string of the molecule is Cc1cc(/C=C(\C#N)C(=O)Nc2ccc(C(N)=O)cc2)c(C)n1-c1ccc(Cl)cc1. The number of halogens is 1. The van der Waals surface area contributed by atoms with Crippen molar-refractivity contribution in [3.05, 3.63) is 87.7 Å². The first-order valence-corrected chi connectivity index (χ1v) is 9.46. The van der Waals surface area contributed by atoms with Crippen molar-refractivity contribution in [2.45, 2.75) is 13.8 Å². The maximum Gasteiger partial charge on any atom is 0.266 e. The van der Waals surface area contributed by atoms with Gasteiger partial charge in [0.1, 0.15) is 11.6 Å². The quantitative estimate of drug-likeness (QED) is 0.474. The second-order valence-electron chi connectivity index (χ2n) is 6.70. The van der Waals surface area contributed by atoms with Gasteiger partial charge in [0.2, 0.25) is 5.91 Å². The van der Waals surface area contributed by atoms with E-state index in [1.165, 1.54) is 12.1 Å². The summed E-state index contributed by atoms with van der Waals surface area (Å²) in [4.78, 5) is 23.7. The van der Waals surface area contributed by atoms with Crippen LogP contribution in [0.5, 0.6) is 0 Å². The number of amides is 2. The lowest BCUT2D eigenvalue weighted by Gasteiger charge is -2.09.